The first-order valence-corrected chi connectivity index (χ1v) is 17.6. The van der Waals surface area contributed by atoms with Crippen LogP contribution in [0.2, 0.25) is 0 Å². The van der Waals surface area contributed by atoms with Crippen molar-refractivity contribution in [1.82, 2.24) is 0 Å². The molecule has 0 spiro atoms. The van der Waals surface area contributed by atoms with E-state index < -0.39 is 187 Å². The number of ether oxygens (including phenoxy) is 9. The van der Waals surface area contributed by atoms with Crippen LogP contribution in [-0.4, -0.2) is 273 Å². The molecule has 0 aromatic rings. The van der Waals surface area contributed by atoms with Crippen molar-refractivity contribution in [3.8, 4) is 0 Å². The topological polar surface area (TPSA) is 427 Å². The molecule has 26 heteroatoms. The van der Waals surface area contributed by atoms with Gasteiger partial charge in [0.2, 0.25) is 0 Å². The summed E-state index contributed by atoms with van der Waals surface area (Å²) in [6, 6.07) is 0. The molecule has 56 heavy (non-hydrogen) atoms. The number of aliphatic hydroxyl groups is 17. The zero-order chi connectivity index (χ0) is 41.3. The Morgan fingerprint density at radius 3 is 1.05 bits per heavy atom. The third kappa shape index (κ3) is 9.16. The fourth-order valence-corrected chi connectivity index (χ4v) is 6.97. The molecule has 5 saturated heterocycles. The van der Waals surface area contributed by atoms with E-state index >= 15 is 0 Å². The summed E-state index contributed by atoms with van der Waals surface area (Å²) in [6.07, 6.45) is -48.8. The summed E-state index contributed by atoms with van der Waals surface area (Å²) in [4.78, 5) is 0. The molecule has 0 amide bonds. The van der Waals surface area contributed by atoms with Gasteiger partial charge in [-0.15, -0.1) is 0 Å². The van der Waals surface area contributed by atoms with Crippen molar-refractivity contribution >= 4 is 0 Å². The highest BCUT2D eigenvalue weighted by atomic mass is 16.8. The highest BCUT2D eigenvalue weighted by Crippen LogP contribution is 2.37. The van der Waals surface area contributed by atoms with Gasteiger partial charge in [-0.25, -0.2) is 0 Å². The van der Waals surface area contributed by atoms with Crippen molar-refractivity contribution in [2.45, 2.75) is 154 Å². The minimum Gasteiger partial charge on any atom is -0.394 e. The van der Waals surface area contributed by atoms with Gasteiger partial charge in [-0.2, -0.15) is 0 Å². The number of hydrogen-bond acceptors (Lipinski definition) is 26. The van der Waals surface area contributed by atoms with Crippen LogP contribution in [0.5, 0.6) is 0 Å². The van der Waals surface area contributed by atoms with Crippen molar-refractivity contribution in [3.05, 3.63) is 0 Å². The highest BCUT2D eigenvalue weighted by Gasteiger charge is 2.58. The summed E-state index contributed by atoms with van der Waals surface area (Å²) in [5.74, 6) is 0. The van der Waals surface area contributed by atoms with Crippen LogP contribution in [0, 0.1) is 0 Å². The van der Waals surface area contributed by atoms with Gasteiger partial charge in [0, 0.05) is 0 Å². The highest BCUT2D eigenvalue weighted by molar-refractivity contribution is 4.99. The smallest absolute Gasteiger partial charge is 0.187 e. The molecular weight excluding hydrogens is 776 g/mol. The first kappa shape index (κ1) is 46.0. The van der Waals surface area contributed by atoms with Gasteiger partial charge >= 0.3 is 0 Å². The Hall–Kier alpha value is -1.04. The molecule has 5 aliphatic heterocycles. The molecule has 0 aromatic heterocycles. The van der Waals surface area contributed by atoms with Gasteiger partial charge in [0.1, 0.15) is 122 Å². The fraction of sp³-hybridized carbons (Fsp3) is 1.00. The van der Waals surface area contributed by atoms with Crippen LogP contribution < -0.4 is 0 Å². The van der Waals surface area contributed by atoms with Gasteiger partial charge in [-0.3, -0.25) is 0 Å². The normalized spacial score (nSPS) is 53.2. The molecule has 0 saturated carbocycles. The lowest BCUT2D eigenvalue weighted by molar-refractivity contribution is -0.415. The molecular formula is C30H52O26. The summed E-state index contributed by atoms with van der Waals surface area (Å²) in [5, 5.41) is 177. The molecule has 328 valence electrons. The molecule has 1 unspecified atom stereocenters. The first-order chi connectivity index (χ1) is 26.5. The summed E-state index contributed by atoms with van der Waals surface area (Å²) in [6.45, 7) is -4.75. The predicted molar refractivity (Wildman–Crippen MR) is 167 cm³/mol. The van der Waals surface area contributed by atoms with Crippen LogP contribution in [0.3, 0.4) is 0 Å². The van der Waals surface area contributed by atoms with Crippen LogP contribution in [0.25, 0.3) is 0 Å². The van der Waals surface area contributed by atoms with Crippen molar-refractivity contribution in [2.75, 3.05) is 33.0 Å². The molecule has 17 N–H and O–H groups in total. The van der Waals surface area contributed by atoms with Crippen LogP contribution in [-0.2, 0) is 42.6 Å². The van der Waals surface area contributed by atoms with Gasteiger partial charge < -0.3 is 129 Å². The second-order valence-electron chi connectivity index (χ2n) is 13.9. The monoisotopic (exact) mass is 828 g/mol. The molecule has 5 heterocycles. The van der Waals surface area contributed by atoms with Crippen molar-refractivity contribution in [1.29, 1.82) is 0 Å². The maximum Gasteiger partial charge on any atom is 0.187 e. The van der Waals surface area contributed by atoms with E-state index in [9.17, 15) is 86.8 Å². The summed E-state index contributed by atoms with van der Waals surface area (Å²) in [5.41, 5.74) is 0. The first-order valence-electron chi connectivity index (χ1n) is 17.6. The van der Waals surface area contributed by atoms with E-state index in [1.807, 2.05) is 0 Å². The van der Waals surface area contributed by atoms with Crippen molar-refractivity contribution < 1.29 is 129 Å². The Bertz CT molecular complexity index is 1200. The van der Waals surface area contributed by atoms with Crippen LogP contribution >= 0.6 is 0 Å². The van der Waals surface area contributed by atoms with Crippen LogP contribution in [0.4, 0.5) is 0 Å². The molecule has 0 bridgehead atoms. The number of hydrogen-bond donors (Lipinski definition) is 17. The summed E-state index contributed by atoms with van der Waals surface area (Å²) in [7, 11) is 0. The van der Waals surface area contributed by atoms with E-state index in [1.165, 1.54) is 0 Å². The van der Waals surface area contributed by atoms with E-state index in [1.54, 1.807) is 0 Å². The van der Waals surface area contributed by atoms with Gasteiger partial charge in [0.15, 0.2) is 31.5 Å². The summed E-state index contributed by atoms with van der Waals surface area (Å²) < 4.78 is 50.6. The van der Waals surface area contributed by atoms with E-state index in [0.29, 0.717) is 0 Å². The van der Waals surface area contributed by atoms with Crippen molar-refractivity contribution in [2.24, 2.45) is 0 Å². The van der Waals surface area contributed by atoms with Gasteiger partial charge in [0.05, 0.1) is 33.0 Å². The molecule has 0 radical (unpaired) electrons. The van der Waals surface area contributed by atoms with E-state index in [-0.39, 0.29) is 0 Å². The maximum atomic E-state index is 11.4. The SMILES string of the molecule is OC[C@H]1O[C@H](O[C@H]2[C@@H](O[C@H]3[C@@H](O[C@H]4[C@H](O)[C@@H](CO)OC(O)[C@@H]4O)O[C@H](CO)[C@@H](O)[C@@H]3O[C@@H]3O[C@H](CO)[C@@H](O)[C@H](O)[C@H]3O)O[C@H](CO)[C@H](O)[C@@H]2O)[C@H](O)[C@@H](O)[C@H]1O. The third-order valence-corrected chi connectivity index (χ3v) is 10.3. The number of rotatable bonds is 13. The van der Waals surface area contributed by atoms with Crippen LogP contribution in [0.15, 0.2) is 0 Å². The second kappa shape index (κ2) is 19.6. The second-order valence-corrected chi connectivity index (χ2v) is 13.9. The van der Waals surface area contributed by atoms with Crippen LogP contribution in [0.1, 0.15) is 0 Å². The zero-order valence-electron chi connectivity index (χ0n) is 29.2. The average molecular weight is 829 g/mol. The lowest BCUT2D eigenvalue weighted by atomic mass is 9.95. The molecule has 25 atom stereocenters. The molecule has 5 aliphatic rings. The fourth-order valence-electron chi connectivity index (χ4n) is 6.97. The zero-order valence-corrected chi connectivity index (χ0v) is 29.2. The molecule has 26 nitrogen and oxygen atoms in total. The molecule has 5 fully saturated rings. The largest absolute Gasteiger partial charge is 0.394 e. The lowest BCUT2D eigenvalue weighted by Gasteiger charge is -2.51. The Labute approximate surface area is 316 Å². The maximum absolute atomic E-state index is 11.4. The quantitative estimate of drug-likeness (QED) is 0.0819. The lowest BCUT2D eigenvalue weighted by Crippen LogP contribution is -2.69. The minimum atomic E-state index is -2.14. The molecule has 0 aliphatic carbocycles. The Kier molecular flexibility index (Phi) is 16.1. The van der Waals surface area contributed by atoms with Gasteiger partial charge in [-0.05, 0) is 0 Å². The van der Waals surface area contributed by atoms with Gasteiger partial charge in [0.25, 0.3) is 0 Å². The molecule has 5 rings (SSSR count). The Balaban J connectivity index is 1.54. The number of aliphatic hydroxyl groups excluding tert-OH is 17. The Morgan fingerprint density at radius 1 is 0.268 bits per heavy atom. The predicted octanol–water partition coefficient (Wildman–Crippen LogP) is -11.9. The van der Waals surface area contributed by atoms with E-state index in [4.69, 9.17) is 42.6 Å². The minimum absolute atomic E-state index is 0.904. The van der Waals surface area contributed by atoms with E-state index in [2.05, 4.69) is 0 Å². The summed E-state index contributed by atoms with van der Waals surface area (Å²) >= 11 is 0. The molecule has 0 aromatic carbocycles. The van der Waals surface area contributed by atoms with E-state index in [0.717, 1.165) is 0 Å². The standard InChI is InChI=1S/C30H52O26/c31-1-6-11(36)16(41)19(44)27(49-6)54-23-15(40)10(5-35)52-30(53-22-14(39)9(4-34)48-26(47)21(22)46)25(23)56-29-24(18(43)13(38)8(3-33)51-29)55-28-20(45)17(42)12(37)7(2-32)50-28/h6-47H,1-5H2/t6-,7-,8-,9-,10-,11-,12+,13+,14-,15-,16+,17+,18+,19-,20-,21-,22+,23+,24-,25-,26?,27+,28-,29-,30-/m1/s1. The van der Waals surface area contributed by atoms with Gasteiger partial charge in [-0.1, -0.05) is 0 Å². The third-order valence-electron chi connectivity index (χ3n) is 10.3. The van der Waals surface area contributed by atoms with Crippen molar-refractivity contribution in [3.63, 3.8) is 0 Å². The Morgan fingerprint density at radius 2 is 0.589 bits per heavy atom. The average Bonchev–Trinajstić information content (AvgIpc) is 3.19.